The first-order chi connectivity index (χ1) is 22.7. The molecule has 1 aliphatic heterocycles. The molecule has 227 valence electrons. The zero-order valence-electron chi connectivity index (χ0n) is 25.7. The molecule has 3 heterocycles. The fourth-order valence-corrected chi connectivity index (χ4v) is 13.4. The van der Waals surface area contributed by atoms with E-state index in [4.69, 9.17) is 4.74 Å². The molecule has 2 aromatic heterocycles. The van der Waals surface area contributed by atoms with Crippen molar-refractivity contribution in [3.05, 3.63) is 165 Å². The second-order valence-corrected chi connectivity index (χ2v) is 16.8. The molecule has 0 saturated carbocycles. The van der Waals surface area contributed by atoms with Gasteiger partial charge < -0.3 is 0 Å². The van der Waals surface area contributed by atoms with Crippen LogP contribution < -0.4 is 15.9 Å². The molecule has 0 radical (unpaired) electrons. The second-order valence-electron chi connectivity index (χ2n) is 10.6. The standard InChI is InChI=1S/C41H33OPS2.Os/c1-4-15-38-24-26-40(44-38)41-27-25-39(45-41)23-22-33(28-34-30-42-29-32(34)5-2)31(3)43(35-16-9-6-10-17-35,36-18-11-7-12-19-36)37-20-13-8-14-21-37;/h4-21,24-28H,29-30H2,1-2H3;/q+1;/b15-4+,32-5?,33-31?,34-28?;. The van der Waals surface area contributed by atoms with Gasteiger partial charge in [0.05, 0.1) is 0 Å². The van der Waals surface area contributed by atoms with Crippen LogP contribution in [0.3, 0.4) is 0 Å². The molecule has 0 unspecified atom stereocenters. The van der Waals surface area contributed by atoms with Crippen LogP contribution in [-0.4, -0.2) is 13.2 Å². The minimum atomic E-state index is -2.41. The molecule has 5 heteroatoms. The van der Waals surface area contributed by atoms with Crippen LogP contribution in [0.2, 0.25) is 0 Å². The van der Waals surface area contributed by atoms with E-state index in [-0.39, 0.29) is 0 Å². The molecule has 0 atom stereocenters. The van der Waals surface area contributed by atoms with Gasteiger partial charge in [-0.1, -0.05) is 6.08 Å². The fourth-order valence-electron chi connectivity index (χ4n) is 5.68. The van der Waals surface area contributed by atoms with Crippen LogP contribution in [0.1, 0.15) is 23.6 Å². The van der Waals surface area contributed by atoms with E-state index in [2.05, 4.69) is 170 Å². The van der Waals surface area contributed by atoms with Gasteiger partial charge in [-0.15, -0.1) is 0 Å². The van der Waals surface area contributed by atoms with Gasteiger partial charge in [-0.3, -0.25) is 0 Å². The van der Waals surface area contributed by atoms with E-state index in [9.17, 15) is 0 Å². The van der Waals surface area contributed by atoms with Crippen molar-refractivity contribution < 1.29 is 22.7 Å². The summed E-state index contributed by atoms with van der Waals surface area (Å²) >= 11 is 5.34. The monoisotopic (exact) mass is 828 g/mol. The zero-order valence-corrected chi connectivity index (χ0v) is 30.8. The normalized spacial score (nSPS) is 15.5. The fraction of sp³-hybridized carbons (Fsp3) is 0.0976. The Hall–Kier alpha value is -3.61. The quantitative estimate of drug-likeness (QED) is 0.117. The van der Waals surface area contributed by atoms with Gasteiger partial charge in [-0.2, -0.15) is 0 Å². The summed E-state index contributed by atoms with van der Waals surface area (Å²) in [5.41, 5.74) is 3.38. The Morgan fingerprint density at radius 1 is 0.717 bits per heavy atom. The van der Waals surface area contributed by atoms with Crippen molar-refractivity contribution in [1.29, 1.82) is 0 Å². The van der Waals surface area contributed by atoms with Gasteiger partial charge in [0.25, 0.3) is 0 Å². The molecular weight excluding hydrogens is 794 g/mol. The van der Waals surface area contributed by atoms with Crippen LogP contribution in [0.4, 0.5) is 0 Å². The third-order valence-electron chi connectivity index (χ3n) is 7.83. The Morgan fingerprint density at radius 3 is 1.85 bits per heavy atom. The molecule has 5 aromatic rings. The molecule has 1 nitrogen and oxygen atoms in total. The van der Waals surface area contributed by atoms with E-state index >= 15 is 0 Å². The van der Waals surface area contributed by atoms with Crippen LogP contribution in [0, 0.1) is 16.2 Å². The molecule has 1 saturated heterocycles. The topological polar surface area (TPSA) is 9.23 Å². The molecule has 46 heavy (non-hydrogen) atoms. The van der Waals surface area contributed by atoms with Gasteiger partial charge in [0.1, 0.15) is 0 Å². The van der Waals surface area contributed by atoms with Crippen molar-refractivity contribution in [2.45, 2.75) is 13.8 Å². The Bertz CT molecular complexity index is 1950. The Labute approximate surface area is 291 Å². The SMILES string of the molecule is CC=C1COCC1=CC(C#Cc1ccc(-c2ccc(/C=C/C)s2)s1)=C([C]#[Os])[P+](c1ccccc1)(c1ccccc1)c1ccccc1. The molecule has 0 N–H and O–H groups in total. The Morgan fingerprint density at radius 2 is 1.28 bits per heavy atom. The molecule has 0 spiro atoms. The van der Waals surface area contributed by atoms with Gasteiger partial charge in [0, 0.05) is 0 Å². The van der Waals surface area contributed by atoms with Crippen LogP contribution in [0.5, 0.6) is 0 Å². The molecule has 0 amide bonds. The van der Waals surface area contributed by atoms with Crippen LogP contribution in [-0.2, 0) is 22.7 Å². The minimum absolute atomic E-state index is 0.577. The van der Waals surface area contributed by atoms with Gasteiger partial charge in [0.15, 0.2) is 0 Å². The van der Waals surface area contributed by atoms with Crippen molar-refractivity contribution >= 4 is 51.9 Å². The summed E-state index contributed by atoms with van der Waals surface area (Å²) in [7, 11) is -2.41. The molecule has 0 aliphatic carbocycles. The summed E-state index contributed by atoms with van der Waals surface area (Å²) in [5, 5.41) is 4.98. The number of thiophene rings is 2. The van der Waals surface area contributed by atoms with E-state index in [1.807, 2.05) is 11.3 Å². The van der Waals surface area contributed by atoms with Crippen molar-refractivity contribution in [2.24, 2.45) is 0 Å². The van der Waals surface area contributed by atoms with Crippen LogP contribution in [0.15, 0.2) is 156 Å². The molecule has 0 bridgehead atoms. The number of rotatable bonds is 7. The van der Waals surface area contributed by atoms with Gasteiger partial charge in [-0.05, 0) is 6.92 Å². The summed E-state index contributed by atoms with van der Waals surface area (Å²) in [6, 6.07) is 41.6. The molecular formula is C41H33OOsPS2+. The molecule has 1 aliphatic rings. The van der Waals surface area contributed by atoms with E-state index in [0.717, 1.165) is 15.8 Å². The summed E-state index contributed by atoms with van der Waals surface area (Å²) < 4.78 is 9.71. The average molecular weight is 827 g/mol. The number of benzene rings is 3. The maximum absolute atomic E-state index is 5.93. The first-order valence-electron chi connectivity index (χ1n) is 15.1. The van der Waals surface area contributed by atoms with Crippen molar-refractivity contribution in [3.8, 4) is 26.0 Å². The number of ether oxygens (including phenoxy) is 1. The number of hydrogen-bond donors (Lipinski definition) is 0. The van der Waals surface area contributed by atoms with Crippen molar-refractivity contribution in [2.75, 3.05) is 13.2 Å². The maximum atomic E-state index is 5.93. The van der Waals surface area contributed by atoms with Gasteiger partial charge >= 0.3 is 280 Å². The first kappa shape index (κ1) is 32.3. The average Bonchev–Trinajstić information content (AvgIpc) is 3.89. The summed E-state index contributed by atoms with van der Waals surface area (Å²) in [6.45, 7) is 5.34. The predicted molar refractivity (Wildman–Crippen MR) is 198 cm³/mol. The molecule has 6 rings (SSSR count). The Kier molecular flexibility index (Phi) is 10.8. The van der Waals surface area contributed by atoms with Gasteiger partial charge in [-0.25, -0.2) is 0 Å². The van der Waals surface area contributed by atoms with Crippen LogP contribution in [0.25, 0.3) is 15.8 Å². The van der Waals surface area contributed by atoms with E-state index < -0.39 is 7.26 Å². The predicted octanol–water partition coefficient (Wildman–Crippen LogP) is 9.52. The zero-order chi connectivity index (χ0) is 31.8. The summed E-state index contributed by atoms with van der Waals surface area (Å²) in [4.78, 5) is 4.81. The summed E-state index contributed by atoms with van der Waals surface area (Å²) in [6.07, 6.45) is 8.67. The third kappa shape index (κ3) is 6.74. The van der Waals surface area contributed by atoms with Crippen LogP contribution >= 0.6 is 29.9 Å². The van der Waals surface area contributed by atoms with Crippen molar-refractivity contribution in [1.82, 2.24) is 0 Å². The summed E-state index contributed by atoms with van der Waals surface area (Å²) in [5.74, 6) is 7.30. The molecule has 3 aromatic carbocycles. The third-order valence-corrected chi connectivity index (χ3v) is 15.5. The molecule has 1 fully saturated rings. The number of allylic oxidation sites excluding steroid dienone is 5. The van der Waals surface area contributed by atoms with Crippen molar-refractivity contribution in [3.63, 3.8) is 0 Å². The van der Waals surface area contributed by atoms with E-state index in [1.54, 1.807) is 29.3 Å². The number of hydrogen-bond acceptors (Lipinski definition) is 3. The van der Waals surface area contributed by atoms with Gasteiger partial charge in [0.2, 0.25) is 0 Å². The van der Waals surface area contributed by atoms with E-state index in [1.165, 1.54) is 41.7 Å². The first-order valence-corrected chi connectivity index (χ1v) is 19.8. The second kappa shape index (κ2) is 15.3. The van der Waals surface area contributed by atoms with E-state index in [0.29, 0.717) is 13.2 Å². The Balaban J connectivity index is 1.62.